The van der Waals surface area contributed by atoms with Crippen molar-refractivity contribution in [3.8, 4) is 0 Å². The SMILES string of the molecule is CCC(C)NC(=O)c1nnc2n1CC1(CCN(Cc3cccs3)CC1)COC2. The number of ether oxygens (including phenoxy) is 1. The number of aromatic nitrogens is 3. The average Bonchev–Trinajstić information content (AvgIpc) is 3.30. The number of hydrogen-bond donors (Lipinski definition) is 1. The largest absolute Gasteiger partial charge is 0.373 e. The van der Waals surface area contributed by atoms with Crippen LogP contribution < -0.4 is 5.32 Å². The number of likely N-dealkylation sites (tertiary alicyclic amines) is 1. The molecule has 8 heteroatoms. The van der Waals surface area contributed by atoms with Crippen LogP contribution in [0.4, 0.5) is 0 Å². The highest BCUT2D eigenvalue weighted by atomic mass is 32.1. The van der Waals surface area contributed by atoms with Crippen molar-refractivity contribution in [2.75, 3.05) is 19.7 Å². The maximum Gasteiger partial charge on any atom is 0.289 e. The minimum absolute atomic E-state index is 0.0466. The van der Waals surface area contributed by atoms with E-state index < -0.39 is 0 Å². The number of carbonyl (C=O) groups is 1. The van der Waals surface area contributed by atoms with E-state index in [1.165, 1.54) is 4.88 Å². The lowest BCUT2D eigenvalue weighted by Gasteiger charge is -2.41. The molecule has 1 spiro atoms. The third-order valence-electron chi connectivity index (χ3n) is 6.03. The van der Waals surface area contributed by atoms with Crippen molar-refractivity contribution in [3.63, 3.8) is 0 Å². The fourth-order valence-electron chi connectivity index (χ4n) is 4.02. The molecule has 2 aromatic heterocycles. The molecule has 1 N–H and O–H groups in total. The van der Waals surface area contributed by atoms with Crippen molar-refractivity contribution in [2.24, 2.45) is 5.41 Å². The molecule has 1 saturated heterocycles. The van der Waals surface area contributed by atoms with E-state index in [0.717, 1.165) is 57.9 Å². The average molecular weight is 404 g/mol. The van der Waals surface area contributed by atoms with Crippen LogP contribution in [0.15, 0.2) is 17.5 Å². The van der Waals surface area contributed by atoms with Gasteiger partial charge in [0.1, 0.15) is 6.61 Å². The number of nitrogens with one attached hydrogen (secondary N) is 1. The van der Waals surface area contributed by atoms with E-state index in [0.29, 0.717) is 12.4 Å². The molecule has 1 atom stereocenters. The third-order valence-corrected chi connectivity index (χ3v) is 6.89. The molecule has 4 rings (SSSR count). The van der Waals surface area contributed by atoms with Crippen LogP contribution in [0.3, 0.4) is 0 Å². The second-order valence-corrected chi connectivity index (χ2v) is 9.19. The predicted octanol–water partition coefficient (Wildman–Crippen LogP) is 2.68. The molecule has 4 heterocycles. The predicted molar refractivity (Wildman–Crippen MR) is 108 cm³/mol. The van der Waals surface area contributed by atoms with Gasteiger partial charge in [-0.3, -0.25) is 9.69 Å². The lowest BCUT2D eigenvalue weighted by atomic mass is 9.79. The molecule has 28 heavy (non-hydrogen) atoms. The van der Waals surface area contributed by atoms with Gasteiger partial charge in [-0.1, -0.05) is 13.0 Å². The third kappa shape index (κ3) is 4.14. The zero-order valence-corrected chi connectivity index (χ0v) is 17.5. The molecule has 152 valence electrons. The molecule has 0 radical (unpaired) electrons. The second-order valence-electron chi connectivity index (χ2n) is 8.16. The van der Waals surface area contributed by atoms with Gasteiger partial charge in [0.25, 0.3) is 5.91 Å². The zero-order chi connectivity index (χ0) is 19.6. The number of rotatable bonds is 5. The summed E-state index contributed by atoms with van der Waals surface area (Å²) in [6.07, 6.45) is 3.00. The second kappa shape index (κ2) is 8.31. The molecular weight excluding hydrogens is 374 g/mol. The molecule has 1 unspecified atom stereocenters. The van der Waals surface area contributed by atoms with Gasteiger partial charge in [-0.15, -0.1) is 21.5 Å². The first kappa shape index (κ1) is 19.5. The summed E-state index contributed by atoms with van der Waals surface area (Å²) in [4.78, 5) is 16.6. The topological polar surface area (TPSA) is 72.3 Å². The number of thiophene rings is 1. The summed E-state index contributed by atoms with van der Waals surface area (Å²) in [6, 6.07) is 4.44. The Bertz CT molecular complexity index is 796. The fourth-order valence-corrected chi connectivity index (χ4v) is 4.76. The first-order valence-electron chi connectivity index (χ1n) is 10.1. The van der Waals surface area contributed by atoms with E-state index in [1.54, 1.807) is 0 Å². The lowest BCUT2D eigenvalue weighted by Crippen LogP contribution is -2.44. The molecule has 7 nitrogen and oxygen atoms in total. The standard InChI is InChI=1S/C20H29N5O2S/c1-3-15(2)21-19(26)18-23-22-17-12-27-14-20(13-25(17)18)6-8-24(9-7-20)11-16-5-4-10-28-16/h4-5,10,15H,3,6-9,11-14H2,1-2H3,(H,21,26). The highest BCUT2D eigenvalue weighted by Crippen LogP contribution is 2.37. The number of carbonyl (C=O) groups excluding carboxylic acids is 1. The van der Waals surface area contributed by atoms with Crippen molar-refractivity contribution in [1.82, 2.24) is 25.0 Å². The number of fused-ring (bicyclic) bond motifs is 1. The minimum atomic E-state index is -0.139. The van der Waals surface area contributed by atoms with Crippen molar-refractivity contribution >= 4 is 17.2 Å². The Morgan fingerprint density at radius 1 is 1.39 bits per heavy atom. The van der Waals surface area contributed by atoms with E-state index in [-0.39, 0.29) is 17.4 Å². The number of amides is 1. The van der Waals surface area contributed by atoms with Gasteiger partial charge in [-0.25, -0.2) is 0 Å². The first-order valence-corrected chi connectivity index (χ1v) is 11.0. The summed E-state index contributed by atoms with van der Waals surface area (Å²) < 4.78 is 7.98. The van der Waals surface area contributed by atoms with Gasteiger partial charge in [0.15, 0.2) is 5.82 Å². The van der Waals surface area contributed by atoms with Crippen molar-refractivity contribution in [2.45, 2.75) is 58.8 Å². The van der Waals surface area contributed by atoms with E-state index in [2.05, 4.69) is 44.9 Å². The van der Waals surface area contributed by atoms with Gasteiger partial charge in [-0.05, 0) is 50.7 Å². The fraction of sp³-hybridized carbons (Fsp3) is 0.650. The number of hydrogen-bond acceptors (Lipinski definition) is 6. The monoisotopic (exact) mass is 403 g/mol. The summed E-state index contributed by atoms with van der Waals surface area (Å²) in [5, 5.41) is 13.6. The van der Waals surface area contributed by atoms with Crippen LogP contribution in [0, 0.1) is 5.41 Å². The molecule has 1 fully saturated rings. The molecule has 2 aliphatic heterocycles. The maximum absolute atomic E-state index is 12.7. The Balaban J connectivity index is 1.46. The molecule has 0 saturated carbocycles. The number of nitrogens with zero attached hydrogens (tertiary/aromatic N) is 4. The van der Waals surface area contributed by atoms with E-state index >= 15 is 0 Å². The van der Waals surface area contributed by atoms with E-state index in [9.17, 15) is 4.79 Å². The molecule has 0 aromatic carbocycles. The van der Waals surface area contributed by atoms with Gasteiger partial charge in [0.2, 0.25) is 5.82 Å². The Morgan fingerprint density at radius 2 is 2.21 bits per heavy atom. The van der Waals surface area contributed by atoms with Gasteiger partial charge in [-0.2, -0.15) is 0 Å². The van der Waals surface area contributed by atoms with Crippen LogP contribution in [0.5, 0.6) is 0 Å². The maximum atomic E-state index is 12.7. The van der Waals surface area contributed by atoms with Crippen molar-refractivity contribution in [1.29, 1.82) is 0 Å². The number of piperidine rings is 1. The summed E-state index contributed by atoms with van der Waals surface area (Å²) in [5.74, 6) is 1.04. The van der Waals surface area contributed by atoms with Crippen LogP contribution in [0.2, 0.25) is 0 Å². The van der Waals surface area contributed by atoms with Crippen LogP contribution in [0.25, 0.3) is 0 Å². The summed E-state index contributed by atoms with van der Waals surface area (Å²) in [5.41, 5.74) is 0.0466. The van der Waals surface area contributed by atoms with Gasteiger partial charge < -0.3 is 14.6 Å². The highest BCUT2D eigenvalue weighted by Gasteiger charge is 2.39. The summed E-state index contributed by atoms with van der Waals surface area (Å²) >= 11 is 1.82. The van der Waals surface area contributed by atoms with Gasteiger partial charge in [0.05, 0.1) is 6.61 Å². The molecule has 0 bridgehead atoms. The summed E-state index contributed by atoms with van der Waals surface area (Å²) in [6.45, 7) is 9.08. The molecular formula is C20H29N5O2S. The smallest absolute Gasteiger partial charge is 0.289 e. The summed E-state index contributed by atoms with van der Waals surface area (Å²) in [7, 11) is 0. The Kier molecular flexibility index (Phi) is 5.80. The van der Waals surface area contributed by atoms with Crippen LogP contribution in [-0.2, 0) is 24.4 Å². The van der Waals surface area contributed by atoms with Gasteiger partial charge >= 0.3 is 0 Å². The molecule has 2 aliphatic rings. The Labute approximate surface area is 170 Å². The highest BCUT2D eigenvalue weighted by molar-refractivity contribution is 7.09. The van der Waals surface area contributed by atoms with Crippen molar-refractivity contribution < 1.29 is 9.53 Å². The lowest BCUT2D eigenvalue weighted by molar-refractivity contribution is -0.00552. The molecule has 2 aromatic rings. The quantitative estimate of drug-likeness (QED) is 0.831. The normalized spacial score (nSPS) is 20.5. The van der Waals surface area contributed by atoms with E-state index in [4.69, 9.17) is 4.74 Å². The van der Waals surface area contributed by atoms with Crippen LogP contribution in [0.1, 0.15) is 54.4 Å². The van der Waals surface area contributed by atoms with Crippen molar-refractivity contribution in [3.05, 3.63) is 34.0 Å². The molecule has 1 amide bonds. The molecule has 0 aliphatic carbocycles. The van der Waals surface area contributed by atoms with E-state index in [1.807, 2.05) is 22.8 Å². The Hall–Kier alpha value is -1.77. The Morgan fingerprint density at radius 3 is 2.93 bits per heavy atom. The minimum Gasteiger partial charge on any atom is -0.373 e. The van der Waals surface area contributed by atoms with Crippen LogP contribution >= 0.6 is 11.3 Å². The van der Waals surface area contributed by atoms with Crippen LogP contribution in [-0.4, -0.2) is 51.3 Å². The zero-order valence-electron chi connectivity index (χ0n) is 16.7. The van der Waals surface area contributed by atoms with Gasteiger partial charge in [0, 0.05) is 29.4 Å². The first-order chi connectivity index (χ1) is 13.6.